The minimum atomic E-state index is -3.99. The number of aliphatic hydroxyl groups excluding tert-OH is 1. The molecule has 0 aromatic heterocycles. The maximum Gasteiger partial charge on any atom is 0.335 e. The molecule has 0 unspecified atom stereocenters. The lowest BCUT2D eigenvalue weighted by molar-refractivity contribution is -0.0177. The molecule has 50 heavy (non-hydrogen) atoms. The van der Waals surface area contributed by atoms with Crippen molar-refractivity contribution in [2.24, 2.45) is 5.92 Å². The number of hydrogen-bond donors (Lipinski definition) is 3. The Bertz CT molecular complexity index is 1680. The van der Waals surface area contributed by atoms with Gasteiger partial charge in [-0.2, -0.15) is 0 Å². The lowest BCUT2D eigenvalue weighted by Crippen LogP contribution is -2.47. The number of fused-ring (bicyclic) bond motifs is 1. The molecule has 0 saturated heterocycles. The van der Waals surface area contributed by atoms with Gasteiger partial charge in [-0.05, 0) is 100 Å². The predicted octanol–water partition coefficient (Wildman–Crippen LogP) is 5.12. The molecule has 0 radical (unpaired) electrons. The number of carboxylic acid groups (broad SMARTS) is 1. The van der Waals surface area contributed by atoms with E-state index in [0.29, 0.717) is 37.6 Å². The Morgan fingerprint density at radius 1 is 1.08 bits per heavy atom. The zero-order valence-electron chi connectivity index (χ0n) is 29.4. The van der Waals surface area contributed by atoms with Crippen molar-refractivity contribution in [3.63, 3.8) is 0 Å². The number of likely N-dealkylation sites (N-methyl/N-ethyl adjacent to an activating group) is 1. The van der Waals surface area contributed by atoms with Crippen LogP contribution in [0, 0.1) is 5.92 Å². The van der Waals surface area contributed by atoms with Gasteiger partial charge in [-0.15, -0.1) is 0 Å². The number of nitrogens with zero attached hydrogens (tertiary/aromatic N) is 2. The third kappa shape index (κ3) is 10.4. The summed E-state index contributed by atoms with van der Waals surface area (Å²) in [6.07, 6.45) is 1.87. The number of benzene rings is 3. The maximum absolute atomic E-state index is 14.4. The van der Waals surface area contributed by atoms with E-state index in [1.165, 1.54) is 25.3 Å². The second-order valence-electron chi connectivity index (χ2n) is 13.0. The number of nitrogens with one attached hydrogen (secondary N) is 1. The molecule has 3 aromatic rings. The first-order valence-corrected chi connectivity index (χ1v) is 18.3. The van der Waals surface area contributed by atoms with E-state index in [9.17, 15) is 28.2 Å². The monoisotopic (exact) mass is 711 g/mol. The van der Waals surface area contributed by atoms with Gasteiger partial charge in [-0.25, -0.2) is 13.2 Å². The zero-order chi connectivity index (χ0) is 36.4. The molecule has 0 aliphatic carbocycles. The number of carboxylic acids is 1. The summed E-state index contributed by atoms with van der Waals surface area (Å²) in [4.78, 5) is 29.4. The van der Waals surface area contributed by atoms with Crippen LogP contribution in [0.2, 0.25) is 0 Å². The van der Waals surface area contributed by atoms with Crippen LogP contribution in [0.25, 0.3) is 0 Å². The largest absolute Gasteiger partial charge is 0.497 e. The Hall–Kier alpha value is -4.17. The van der Waals surface area contributed by atoms with Gasteiger partial charge in [-0.1, -0.05) is 19.1 Å². The Morgan fingerprint density at radius 3 is 2.42 bits per heavy atom. The molecule has 0 saturated carbocycles. The molecule has 0 spiro atoms. The molecular weight excluding hydrogens is 662 g/mol. The minimum absolute atomic E-state index is 0.0345. The number of amides is 1. The average Bonchev–Trinajstić information content (AvgIpc) is 3.09. The molecule has 3 N–H and O–H groups in total. The van der Waals surface area contributed by atoms with E-state index in [4.69, 9.17) is 14.2 Å². The van der Waals surface area contributed by atoms with E-state index >= 15 is 0 Å². The van der Waals surface area contributed by atoms with E-state index in [1.54, 1.807) is 60.4 Å². The predicted molar refractivity (Wildman–Crippen MR) is 190 cm³/mol. The van der Waals surface area contributed by atoms with Crippen LogP contribution in [0.5, 0.6) is 11.5 Å². The number of aromatic carboxylic acids is 1. The molecule has 13 heteroatoms. The fourth-order valence-electron chi connectivity index (χ4n) is 5.85. The Morgan fingerprint density at radius 2 is 1.78 bits per heavy atom. The number of ether oxygens (including phenoxy) is 3. The maximum atomic E-state index is 14.4. The number of aliphatic hydroxyl groups is 1. The van der Waals surface area contributed by atoms with E-state index in [1.807, 2.05) is 20.9 Å². The molecule has 0 fully saturated rings. The summed E-state index contributed by atoms with van der Waals surface area (Å²) in [5.41, 5.74) is 1.55. The van der Waals surface area contributed by atoms with Crippen molar-refractivity contribution in [3.05, 3.63) is 83.4 Å². The highest BCUT2D eigenvalue weighted by Gasteiger charge is 2.31. The van der Waals surface area contributed by atoms with Crippen molar-refractivity contribution in [1.82, 2.24) is 9.80 Å². The van der Waals surface area contributed by atoms with E-state index in [0.717, 1.165) is 18.4 Å². The van der Waals surface area contributed by atoms with Crippen molar-refractivity contribution in [2.45, 2.75) is 69.7 Å². The third-order valence-electron chi connectivity index (χ3n) is 8.82. The summed E-state index contributed by atoms with van der Waals surface area (Å²) in [7, 11) is -0.527. The fourth-order valence-corrected chi connectivity index (χ4v) is 6.90. The van der Waals surface area contributed by atoms with Gasteiger partial charge in [0.05, 0.1) is 48.0 Å². The fraction of sp³-hybridized carbons (Fsp3) is 0.459. The smallest absolute Gasteiger partial charge is 0.335 e. The van der Waals surface area contributed by atoms with Crippen molar-refractivity contribution in [3.8, 4) is 11.5 Å². The van der Waals surface area contributed by atoms with Crippen LogP contribution in [0.3, 0.4) is 0 Å². The SMILES string of the molecule is COc1ccc(S(=O)(=O)Nc2ccc3c(c2)C(=O)N([C@H](C)CO)C[C@@H](C)[C@@H](CN(C)Cc2ccc(C(=O)O)cc2)OCCCC[C@@H](C)O3)cc1. The second-order valence-corrected chi connectivity index (χ2v) is 14.7. The molecule has 1 heterocycles. The van der Waals surface area contributed by atoms with Gasteiger partial charge in [0.2, 0.25) is 0 Å². The molecule has 1 amide bonds. The molecule has 0 bridgehead atoms. The summed E-state index contributed by atoms with van der Waals surface area (Å²) in [5, 5.41) is 19.5. The number of rotatable bonds is 11. The standard InChI is InChI=1S/C37H49N3O9S/c1-25-21-40(26(2)24-41)36(42)33-20-30(38-50(45,46)32-16-14-31(47-5)15-17-32)13-18-34(33)49-27(3)8-6-7-19-48-35(25)23-39(4)22-28-9-11-29(12-10-28)37(43)44/h9-18,20,25-27,35,38,41H,6-8,19,21-24H2,1-5H3,(H,43,44)/t25-,26-,27-,35-/m1/s1. The number of anilines is 1. The summed E-state index contributed by atoms with van der Waals surface area (Å²) < 4.78 is 47.0. The quantitative estimate of drug-likeness (QED) is 0.244. The molecule has 1 aliphatic rings. The molecule has 4 atom stereocenters. The zero-order valence-corrected chi connectivity index (χ0v) is 30.2. The summed E-state index contributed by atoms with van der Waals surface area (Å²) in [6.45, 7) is 7.31. The average molecular weight is 712 g/mol. The molecular formula is C37H49N3O9S. The first kappa shape index (κ1) is 38.6. The Kier molecular flexibility index (Phi) is 13.6. The number of hydrogen-bond acceptors (Lipinski definition) is 9. The van der Waals surface area contributed by atoms with Crippen LogP contribution in [0.4, 0.5) is 5.69 Å². The normalized spacial score (nSPS) is 19.9. The van der Waals surface area contributed by atoms with Crippen LogP contribution in [-0.2, 0) is 21.3 Å². The molecule has 4 rings (SSSR count). The first-order chi connectivity index (χ1) is 23.8. The minimum Gasteiger partial charge on any atom is -0.497 e. The van der Waals surface area contributed by atoms with Crippen molar-refractivity contribution in [1.29, 1.82) is 0 Å². The van der Waals surface area contributed by atoms with Gasteiger partial charge in [0.1, 0.15) is 11.5 Å². The first-order valence-electron chi connectivity index (χ1n) is 16.8. The van der Waals surface area contributed by atoms with Gasteiger partial charge in [0.25, 0.3) is 15.9 Å². The molecule has 12 nitrogen and oxygen atoms in total. The number of methoxy groups -OCH3 is 1. The van der Waals surface area contributed by atoms with Crippen LogP contribution in [0.1, 0.15) is 66.3 Å². The third-order valence-corrected chi connectivity index (χ3v) is 10.2. The lowest BCUT2D eigenvalue weighted by Gasteiger charge is -2.36. The van der Waals surface area contributed by atoms with Crippen molar-refractivity contribution < 1.29 is 42.4 Å². The van der Waals surface area contributed by atoms with Crippen LogP contribution in [0.15, 0.2) is 71.6 Å². The highest BCUT2D eigenvalue weighted by Crippen LogP contribution is 2.30. The number of carbonyl (C=O) groups excluding carboxylic acids is 1. The van der Waals surface area contributed by atoms with Crippen LogP contribution < -0.4 is 14.2 Å². The lowest BCUT2D eigenvalue weighted by atomic mass is 10.0. The number of sulfonamides is 1. The van der Waals surface area contributed by atoms with Crippen LogP contribution in [-0.4, -0.2) is 99.0 Å². The Labute approximate surface area is 295 Å². The topological polar surface area (TPSA) is 155 Å². The van der Waals surface area contributed by atoms with E-state index in [2.05, 4.69) is 9.62 Å². The molecule has 272 valence electrons. The van der Waals surface area contributed by atoms with Gasteiger partial charge in [-0.3, -0.25) is 14.4 Å². The van der Waals surface area contributed by atoms with E-state index < -0.39 is 27.9 Å². The van der Waals surface area contributed by atoms with Gasteiger partial charge < -0.3 is 29.3 Å². The number of carbonyl (C=O) groups is 2. The summed E-state index contributed by atoms with van der Waals surface area (Å²) >= 11 is 0. The molecule has 3 aromatic carbocycles. The summed E-state index contributed by atoms with van der Waals surface area (Å²) in [5.74, 6) is -0.693. The van der Waals surface area contributed by atoms with Gasteiger partial charge >= 0.3 is 5.97 Å². The van der Waals surface area contributed by atoms with Crippen molar-refractivity contribution in [2.75, 3.05) is 45.2 Å². The highest BCUT2D eigenvalue weighted by molar-refractivity contribution is 7.92. The van der Waals surface area contributed by atoms with Gasteiger partial charge in [0.15, 0.2) is 0 Å². The second kappa shape index (κ2) is 17.7. The van der Waals surface area contributed by atoms with E-state index in [-0.39, 0.29) is 53.0 Å². The highest BCUT2D eigenvalue weighted by atomic mass is 32.2. The van der Waals surface area contributed by atoms with Crippen LogP contribution >= 0.6 is 0 Å². The Balaban J connectivity index is 1.61. The summed E-state index contributed by atoms with van der Waals surface area (Å²) in [6, 6.07) is 16.9. The van der Waals surface area contributed by atoms with Crippen molar-refractivity contribution >= 4 is 27.6 Å². The molecule has 1 aliphatic heterocycles. The van der Waals surface area contributed by atoms with Gasteiger partial charge in [0, 0.05) is 37.8 Å².